The Morgan fingerprint density at radius 2 is 2.17 bits per heavy atom. The van der Waals surface area contributed by atoms with Gasteiger partial charge < -0.3 is 16.0 Å². The molecule has 98 valence electrons. The maximum Gasteiger partial charge on any atom is 0.319 e. The lowest BCUT2D eigenvalue weighted by Crippen LogP contribution is -2.37. The van der Waals surface area contributed by atoms with Crippen molar-refractivity contribution in [1.29, 1.82) is 0 Å². The minimum absolute atomic E-state index is 0.0560. The molecule has 1 rings (SSSR count). The van der Waals surface area contributed by atoms with Crippen LogP contribution in [0.1, 0.15) is 6.92 Å². The maximum atomic E-state index is 11.4. The highest BCUT2D eigenvalue weighted by Crippen LogP contribution is 2.16. The fourth-order valence-electron chi connectivity index (χ4n) is 1.11. The summed E-state index contributed by atoms with van der Waals surface area (Å²) in [5.41, 5.74) is 0.588. The number of amides is 3. The van der Waals surface area contributed by atoms with E-state index in [0.29, 0.717) is 5.69 Å². The van der Waals surface area contributed by atoms with Gasteiger partial charge in [0.05, 0.1) is 23.5 Å². The van der Waals surface area contributed by atoms with Crippen LogP contribution < -0.4 is 16.0 Å². The van der Waals surface area contributed by atoms with Gasteiger partial charge in [0.25, 0.3) is 0 Å². The molecule has 0 saturated heterocycles. The van der Waals surface area contributed by atoms with Crippen molar-refractivity contribution in [2.24, 2.45) is 0 Å². The zero-order valence-electron chi connectivity index (χ0n) is 10.3. The van der Waals surface area contributed by atoms with E-state index in [9.17, 15) is 9.59 Å². The molecule has 0 radical (unpaired) electrons. The first-order chi connectivity index (χ1) is 8.65. The van der Waals surface area contributed by atoms with Crippen molar-refractivity contribution < 1.29 is 9.59 Å². The molecule has 0 aliphatic carbocycles. The first kappa shape index (κ1) is 14.3. The van der Waals surface area contributed by atoms with Crippen molar-refractivity contribution >= 4 is 29.4 Å². The SMILES string of the molecule is CCSc1ccc(NC(=O)NCC(=O)NC)cn1. The standard InChI is InChI=1S/C11H16N4O2S/c1-3-18-10-5-4-8(6-13-10)15-11(17)14-7-9(16)12-2/h4-6H,3,7H2,1-2H3,(H,12,16)(H2,14,15,17). The fraction of sp³-hybridized carbons (Fsp3) is 0.364. The summed E-state index contributed by atoms with van der Waals surface area (Å²) in [5, 5.41) is 8.34. The van der Waals surface area contributed by atoms with E-state index in [1.54, 1.807) is 24.0 Å². The van der Waals surface area contributed by atoms with Gasteiger partial charge in [-0.25, -0.2) is 9.78 Å². The number of likely N-dealkylation sites (N-methyl/N-ethyl adjacent to an activating group) is 1. The Labute approximate surface area is 110 Å². The Morgan fingerprint density at radius 3 is 2.72 bits per heavy atom. The van der Waals surface area contributed by atoms with Crippen LogP contribution in [0.5, 0.6) is 0 Å². The van der Waals surface area contributed by atoms with Gasteiger partial charge in [-0.1, -0.05) is 6.92 Å². The average Bonchev–Trinajstić information content (AvgIpc) is 2.38. The molecular weight excluding hydrogens is 252 g/mol. The van der Waals surface area contributed by atoms with E-state index in [-0.39, 0.29) is 12.5 Å². The minimum atomic E-state index is -0.434. The third kappa shape index (κ3) is 5.05. The third-order valence-corrected chi connectivity index (χ3v) is 2.80. The summed E-state index contributed by atoms with van der Waals surface area (Å²) in [6.07, 6.45) is 1.58. The number of hydrogen-bond donors (Lipinski definition) is 3. The van der Waals surface area contributed by atoms with Crippen LogP contribution in [0.25, 0.3) is 0 Å². The van der Waals surface area contributed by atoms with Gasteiger partial charge in [0, 0.05) is 7.05 Å². The molecule has 1 heterocycles. The van der Waals surface area contributed by atoms with E-state index >= 15 is 0 Å². The molecule has 0 fully saturated rings. The van der Waals surface area contributed by atoms with Crippen LogP contribution in [0.2, 0.25) is 0 Å². The summed E-state index contributed by atoms with van der Waals surface area (Å²) in [7, 11) is 1.51. The van der Waals surface area contributed by atoms with Gasteiger partial charge in [-0.3, -0.25) is 4.79 Å². The van der Waals surface area contributed by atoms with Gasteiger partial charge in [-0.15, -0.1) is 11.8 Å². The second-order valence-electron chi connectivity index (χ2n) is 3.30. The van der Waals surface area contributed by atoms with E-state index < -0.39 is 6.03 Å². The van der Waals surface area contributed by atoms with Crippen LogP contribution in [-0.2, 0) is 4.79 Å². The number of anilines is 1. The largest absolute Gasteiger partial charge is 0.358 e. The van der Waals surface area contributed by atoms with Crippen LogP contribution in [-0.4, -0.2) is 36.3 Å². The number of nitrogens with zero attached hydrogens (tertiary/aromatic N) is 1. The summed E-state index contributed by atoms with van der Waals surface area (Å²) in [4.78, 5) is 26.5. The first-order valence-electron chi connectivity index (χ1n) is 5.50. The highest BCUT2D eigenvalue weighted by atomic mass is 32.2. The molecule has 0 bridgehead atoms. The molecule has 1 aromatic rings. The number of thioether (sulfide) groups is 1. The zero-order valence-corrected chi connectivity index (χ0v) is 11.1. The molecule has 7 heteroatoms. The van der Waals surface area contributed by atoms with Crippen molar-refractivity contribution in [3.63, 3.8) is 0 Å². The van der Waals surface area contributed by atoms with Crippen LogP contribution in [0.15, 0.2) is 23.4 Å². The number of rotatable bonds is 5. The molecule has 3 amide bonds. The number of nitrogens with one attached hydrogen (secondary N) is 3. The number of pyridine rings is 1. The summed E-state index contributed by atoms with van der Waals surface area (Å²) >= 11 is 1.63. The van der Waals surface area contributed by atoms with Crippen LogP contribution in [0, 0.1) is 0 Å². The molecule has 0 saturated carbocycles. The van der Waals surface area contributed by atoms with Crippen molar-refractivity contribution in [3.8, 4) is 0 Å². The van der Waals surface area contributed by atoms with Crippen molar-refractivity contribution in [2.45, 2.75) is 11.9 Å². The van der Waals surface area contributed by atoms with E-state index in [1.165, 1.54) is 7.05 Å². The highest BCUT2D eigenvalue weighted by Gasteiger charge is 2.04. The molecule has 0 atom stereocenters. The van der Waals surface area contributed by atoms with Crippen LogP contribution >= 0.6 is 11.8 Å². The summed E-state index contributed by atoms with van der Waals surface area (Å²) in [6.45, 7) is 1.99. The lowest BCUT2D eigenvalue weighted by Gasteiger charge is -2.07. The maximum absolute atomic E-state index is 11.4. The fourth-order valence-corrected chi connectivity index (χ4v) is 1.70. The zero-order chi connectivity index (χ0) is 13.4. The molecule has 0 spiro atoms. The molecule has 0 unspecified atom stereocenters. The van der Waals surface area contributed by atoms with E-state index in [2.05, 4.69) is 20.9 Å². The molecule has 0 aliphatic rings. The van der Waals surface area contributed by atoms with Crippen molar-refractivity contribution in [2.75, 3.05) is 24.7 Å². The Hall–Kier alpha value is -1.76. The Kier molecular flexibility index (Phi) is 5.99. The van der Waals surface area contributed by atoms with Gasteiger partial charge in [0.1, 0.15) is 0 Å². The highest BCUT2D eigenvalue weighted by molar-refractivity contribution is 7.99. The molecular formula is C11H16N4O2S. The van der Waals surface area contributed by atoms with E-state index in [0.717, 1.165) is 10.8 Å². The van der Waals surface area contributed by atoms with Gasteiger partial charge in [0.15, 0.2) is 0 Å². The quantitative estimate of drug-likeness (QED) is 0.697. The monoisotopic (exact) mass is 268 g/mol. The number of carbonyl (C=O) groups is 2. The normalized spacial score (nSPS) is 9.67. The molecule has 0 aliphatic heterocycles. The van der Waals surface area contributed by atoms with Crippen molar-refractivity contribution in [1.82, 2.24) is 15.6 Å². The number of carbonyl (C=O) groups excluding carboxylic acids is 2. The van der Waals surface area contributed by atoms with Gasteiger partial charge in [-0.05, 0) is 17.9 Å². The molecule has 6 nitrogen and oxygen atoms in total. The third-order valence-electron chi connectivity index (χ3n) is 1.97. The minimum Gasteiger partial charge on any atom is -0.358 e. The number of urea groups is 1. The molecule has 1 aromatic heterocycles. The topological polar surface area (TPSA) is 83.1 Å². The summed E-state index contributed by atoms with van der Waals surface area (Å²) in [6, 6.07) is 3.17. The van der Waals surface area contributed by atoms with E-state index in [1.807, 2.05) is 13.0 Å². The molecule has 0 aromatic carbocycles. The van der Waals surface area contributed by atoms with Gasteiger partial charge in [-0.2, -0.15) is 0 Å². The smallest absolute Gasteiger partial charge is 0.319 e. The first-order valence-corrected chi connectivity index (χ1v) is 6.48. The van der Waals surface area contributed by atoms with Gasteiger partial charge >= 0.3 is 6.03 Å². The lowest BCUT2D eigenvalue weighted by molar-refractivity contribution is -0.119. The Bertz CT molecular complexity index is 408. The van der Waals surface area contributed by atoms with Crippen molar-refractivity contribution in [3.05, 3.63) is 18.3 Å². The summed E-state index contributed by atoms with van der Waals surface area (Å²) < 4.78 is 0. The number of hydrogen-bond acceptors (Lipinski definition) is 4. The predicted octanol–water partition coefficient (Wildman–Crippen LogP) is 1.06. The number of aromatic nitrogens is 1. The van der Waals surface area contributed by atoms with Crippen LogP contribution in [0.3, 0.4) is 0 Å². The summed E-state index contributed by atoms with van der Waals surface area (Å²) in [5.74, 6) is 0.699. The van der Waals surface area contributed by atoms with Gasteiger partial charge in [0.2, 0.25) is 5.91 Å². The Balaban J connectivity index is 2.42. The average molecular weight is 268 g/mol. The lowest BCUT2D eigenvalue weighted by atomic mass is 10.4. The second-order valence-corrected chi connectivity index (χ2v) is 4.58. The predicted molar refractivity (Wildman–Crippen MR) is 71.7 cm³/mol. The van der Waals surface area contributed by atoms with E-state index in [4.69, 9.17) is 0 Å². The molecule has 3 N–H and O–H groups in total. The Morgan fingerprint density at radius 1 is 1.39 bits per heavy atom. The second kappa shape index (κ2) is 7.54. The van der Waals surface area contributed by atoms with Crippen LogP contribution in [0.4, 0.5) is 10.5 Å². The molecule has 18 heavy (non-hydrogen) atoms.